The lowest BCUT2D eigenvalue weighted by Crippen LogP contribution is -2.06. The summed E-state index contributed by atoms with van der Waals surface area (Å²) in [5, 5.41) is 9.67. The van der Waals surface area contributed by atoms with E-state index in [4.69, 9.17) is 9.47 Å². The van der Waals surface area contributed by atoms with Crippen molar-refractivity contribution < 1.29 is 19.4 Å². The summed E-state index contributed by atoms with van der Waals surface area (Å²) in [7, 11) is 1.60. The van der Waals surface area contributed by atoms with Gasteiger partial charge in [-0.05, 0) is 48.2 Å². The van der Waals surface area contributed by atoms with Crippen molar-refractivity contribution in [2.45, 2.75) is 20.8 Å². The summed E-state index contributed by atoms with van der Waals surface area (Å²) in [4.78, 5) is 11.8. The van der Waals surface area contributed by atoms with Crippen LogP contribution < -0.4 is 9.47 Å². The van der Waals surface area contributed by atoms with Crippen molar-refractivity contribution in [2.75, 3.05) is 13.7 Å². The van der Waals surface area contributed by atoms with Crippen molar-refractivity contribution in [2.24, 2.45) is 5.92 Å². The Morgan fingerprint density at radius 1 is 1.16 bits per heavy atom. The SMILES string of the molecule is COc1ccc(/C(=C/c2ccccc2OCC(C)C)C(=O)O)cc1C. The van der Waals surface area contributed by atoms with Crippen molar-refractivity contribution in [3.63, 3.8) is 0 Å². The van der Waals surface area contributed by atoms with Gasteiger partial charge in [0.1, 0.15) is 11.5 Å². The van der Waals surface area contributed by atoms with Gasteiger partial charge in [0.15, 0.2) is 0 Å². The maximum atomic E-state index is 11.8. The molecule has 4 nitrogen and oxygen atoms in total. The highest BCUT2D eigenvalue weighted by atomic mass is 16.5. The number of para-hydroxylation sites is 1. The number of rotatable bonds is 7. The minimum atomic E-state index is -0.983. The van der Waals surface area contributed by atoms with Crippen LogP contribution >= 0.6 is 0 Å². The van der Waals surface area contributed by atoms with Crippen molar-refractivity contribution in [3.05, 3.63) is 59.2 Å². The minimum absolute atomic E-state index is 0.214. The van der Waals surface area contributed by atoms with Crippen LogP contribution in [-0.4, -0.2) is 24.8 Å². The Hall–Kier alpha value is -2.75. The molecule has 0 radical (unpaired) electrons. The zero-order valence-electron chi connectivity index (χ0n) is 15.1. The van der Waals surface area contributed by atoms with Crippen LogP contribution in [0.15, 0.2) is 42.5 Å². The number of methoxy groups -OCH3 is 1. The Morgan fingerprint density at radius 2 is 1.88 bits per heavy atom. The molecule has 0 aliphatic carbocycles. The Kier molecular flexibility index (Phi) is 6.23. The third-order valence-electron chi connectivity index (χ3n) is 3.73. The molecule has 0 amide bonds. The molecule has 2 aromatic carbocycles. The van der Waals surface area contributed by atoms with E-state index >= 15 is 0 Å². The van der Waals surface area contributed by atoms with E-state index in [2.05, 4.69) is 13.8 Å². The highest BCUT2D eigenvalue weighted by molar-refractivity contribution is 6.20. The minimum Gasteiger partial charge on any atom is -0.496 e. The standard InChI is InChI=1S/C21H24O4/c1-14(2)13-25-20-8-6-5-7-17(20)12-18(21(22)23)16-9-10-19(24-4)15(3)11-16/h5-12,14H,13H2,1-4H3,(H,22,23)/b18-12-. The first kappa shape index (κ1) is 18.6. The zero-order valence-corrected chi connectivity index (χ0v) is 15.1. The molecule has 132 valence electrons. The number of carboxylic acids is 1. The maximum absolute atomic E-state index is 11.8. The second kappa shape index (κ2) is 8.38. The highest BCUT2D eigenvalue weighted by Gasteiger charge is 2.14. The van der Waals surface area contributed by atoms with Gasteiger partial charge in [-0.3, -0.25) is 0 Å². The van der Waals surface area contributed by atoms with Crippen molar-refractivity contribution in [3.8, 4) is 11.5 Å². The van der Waals surface area contributed by atoms with Gasteiger partial charge in [0, 0.05) is 5.56 Å². The Labute approximate surface area is 148 Å². The second-order valence-electron chi connectivity index (χ2n) is 6.29. The van der Waals surface area contributed by atoms with E-state index in [1.54, 1.807) is 25.3 Å². The van der Waals surface area contributed by atoms with Crippen LogP contribution in [0.3, 0.4) is 0 Å². The maximum Gasteiger partial charge on any atom is 0.336 e. The third-order valence-corrected chi connectivity index (χ3v) is 3.73. The quantitative estimate of drug-likeness (QED) is 0.588. The van der Waals surface area contributed by atoms with E-state index in [9.17, 15) is 9.90 Å². The Balaban J connectivity index is 2.44. The van der Waals surface area contributed by atoms with Crippen LogP contribution in [0.1, 0.15) is 30.5 Å². The van der Waals surface area contributed by atoms with Gasteiger partial charge in [-0.25, -0.2) is 4.79 Å². The van der Waals surface area contributed by atoms with Gasteiger partial charge in [-0.1, -0.05) is 38.1 Å². The first-order valence-corrected chi connectivity index (χ1v) is 8.24. The molecule has 0 fully saturated rings. The summed E-state index contributed by atoms with van der Waals surface area (Å²) in [5.41, 5.74) is 2.47. The zero-order chi connectivity index (χ0) is 18.4. The average molecular weight is 340 g/mol. The molecule has 25 heavy (non-hydrogen) atoms. The summed E-state index contributed by atoms with van der Waals surface area (Å²) in [6, 6.07) is 12.8. The Bertz CT molecular complexity index is 775. The van der Waals surface area contributed by atoms with Crippen molar-refractivity contribution >= 4 is 17.6 Å². The summed E-state index contributed by atoms with van der Waals surface area (Å²) < 4.78 is 11.1. The van der Waals surface area contributed by atoms with Crippen molar-refractivity contribution in [1.29, 1.82) is 0 Å². The summed E-state index contributed by atoms with van der Waals surface area (Å²) in [6.07, 6.45) is 1.65. The number of aryl methyl sites for hydroxylation is 1. The second-order valence-corrected chi connectivity index (χ2v) is 6.29. The fourth-order valence-electron chi connectivity index (χ4n) is 2.46. The van der Waals surface area contributed by atoms with E-state index in [0.717, 1.165) is 16.9 Å². The number of hydrogen-bond donors (Lipinski definition) is 1. The number of benzene rings is 2. The molecule has 0 atom stereocenters. The molecule has 0 aliphatic heterocycles. The molecule has 0 saturated carbocycles. The lowest BCUT2D eigenvalue weighted by atomic mass is 10.00. The fraction of sp³-hybridized carbons (Fsp3) is 0.286. The lowest BCUT2D eigenvalue weighted by Gasteiger charge is -2.12. The molecule has 0 spiro atoms. The Morgan fingerprint density at radius 3 is 2.48 bits per heavy atom. The highest BCUT2D eigenvalue weighted by Crippen LogP contribution is 2.28. The third kappa shape index (κ3) is 4.86. The predicted octanol–water partition coefficient (Wildman–Crippen LogP) is 4.66. The molecule has 2 aromatic rings. The van der Waals surface area contributed by atoms with Crippen LogP contribution in [-0.2, 0) is 4.79 Å². The van der Waals surface area contributed by atoms with Crippen LogP contribution in [0.2, 0.25) is 0 Å². The fourth-order valence-corrected chi connectivity index (χ4v) is 2.46. The molecule has 0 saturated heterocycles. The van der Waals surface area contributed by atoms with Crippen LogP contribution in [0.4, 0.5) is 0 Å². The van der Waals surface area contributed by atoms with Gasteiger partial charge in [0.25, 0.3) is 0 Å². The first-order valence-electron chi connectivity index (χ1n) is 8.24. The number of ether oxygens (including phenoxy) is 2. The van der Waals surface area contributed by atoms with Gasteiger partial charge >= 0.3 is 5.97 Å². The van der Waals surface area contributed by atoms with Crippen molar-refractivity contribution in [1.82, 2.24) is 0 Å². The van der Waals surface area contributed by atoms with E-state index in [-0.39, 0.29) is 5.57 Å². The van der Waals surface area contributed by atoms with Crippen LogP contribution in [0.25, 0.3) is 11.6 Å². The van der Waals surface area contributed by atoms with Crippen LogP contribution in [0, 0.1) is 12.8 Å². The number of carboxylic acid groups (broad SMARTS) is 1. The average Bonchev–Trinajstić information content (AvgIpc) is 2.58. The summed E-state index contributed by atoms with van der Waals surface area (Å²) in [5.74, 6) is 0.817. The molecule has 0 unspecified atom stereocenters. The monoisotopic (exact) mass is 340 g/mol. The molecule has 0 heterocycles. The smallest absolute Gasteiger partial charge is 0.336 e. The molecule has 4 heteroatoms. The number of hydrogen-bond acceptors (Lipinski definition) is 3. The topological polar surface area (TPSA) is 55.8 Å². The normalized spacial score (nSPS) is 11.5. The predicted molar refractivity (Wildman–Crippen MR) is 100 cm³/mol. The molecule has 0 aliphatic rings. The van der Waals surface area contributed by atoms with Gasteiger partial charge in [-0.15, -0.1) is 0 Å². The van der Waals surface area contributed by atoms with E-state index < -0.39 is 5.97 Å². The van der Waals surface area contributed by atoms with E-state index in [1.807, 2.05) is 37.3 Å². The molecule has 1 N–H and O–H groups in total. The van der Waals surface area contributed by atoms with Crippen LogP contribution in [0.5, 0.6) is 11.5 Å². The molecule has 0 bridgehead atoms. The summed E-state index contributed by atoms with van der Waals surface area (Å²) >= 11 is 0. The molecule has 0 aromatic heterocycles. The van der Waals surface area contributed by atoms with Gasteiger partial charge in [-0.2, -0.15) is 0 Å². The van der Waals surface area contributed by atoms with Gasteiger partial charge in [0.05, 0.1) is 19.3 Å². The largest absolute Gasteiger partial charge is 0.496 e. The van der Waals surface area contributed by atoms with Gasteiger partial charge in [0.2, 0.25) is 0 Å². The van der Waals surface area contributed by atoms with Gasteiger partial charge < -0.3 is 14.6 Å². The molecular formula is C21H24O4. The lowest BCUT2D eigenvalue weighted by molar-refractivity contribution is -0.130. The summed E-state index contributed by atoms with van der Waals surface area (Å²) in [6.45, 7) is 6.61. The van der Waals surface area contributed by atoms with E-state index in [0.29, 0.717) is 23.8 Å². The number of aliphatic carboxylic acids is 1. The number of carbonyl (C=O) groups is 1. The molecular weight excluding hydrogens is 316 g/mol. The van der Waals surface area contributed by atoms with E-state index in [1.165, 1.54) is 0 Å². The first-order chi connectivity index (χ1) is 11.9. The molecule has 2 rings (SSSR count).